The van der Waals surface area contributed by atoms with Crippen LogP contribution in [-0.2, 0) is 25.6 Å². The molecule has 0 heterocycles. The maximum Gasteiger partial charge on any atom is 0.327 e. The summed E-state index contributed by atoms with van der Waals surface area (Å²) in [4.78, 5) is 50.0. The van der Waals surface area contributed by atoms with Crippen LogP contribution in [0.2, 0.25) is 0 Å². The van der Waals surface area contributed by atoms with E-state index in [0.29, 0.717) is 51.6 Å². The molecule has 3 amide bonds. The van der Waals surface area contributed by atoms with Gasteiger partial charge in [-0.2, -0.15) is 12.6 Å². The number of carboxylic acids is 1. The highest BCUT2D eigenvalue weighted by Gasteiger charge is 2.29. The number of carboxylic acid groups (broad SMARTS) is 1. The van der Waals surface area contributed by atoms with Gasteiger partial charge in [0.25, 0.3) is 0 Å². The second kappa shape index (κ2) is 17.7. The molecule has 11 nitrogen and oxygen atoms in total. The number of nitrogens with two attached hydrogens (primary N) is 3. The lowest BCUT2D eigenvalue weighted by molar-refractivity contribution is -0.141. The van der Waals surface area contributed by atoms with Gasteiger partial charge in [-0.25, -0.2) is 4.79 Å². The first-order chi connectivity index (χ1) is 17.2. The van der Waals surface area contributed by atoms with Crippen molar-refractivity contribution in [3.63, 3.8) is 0 Å². The number of unbranched alkanes of at least 4 members (excludes halogenated alkanes) is 2. The van der Waals surface area contributed by atoms with E-state index in [1.807, 2.05) is 30.3 Å². The van der Waals surface area contributed by atoms with Crippen LogP contribution in [0.3, 0.4) is 0 Å². The van der Waals surface area contributed by atoms with E-state index in [2.05, 4.69) is 28.6 Å². The van der Waals surface area contributed by atoms with E-state index in [9.17, 15) is 24.3 Å². The zero-order valence-electron chi connectivity index (χ0n) is 20.5. The summed E-state index contributed by atoms with van der Waals surface area (Å²) in [6.45, 7) is 0.841. The molecule has 1 rings (SSSR count). The first kappa shape index (κ1) is 31.4. The molecule has 0 spiro atoms. The van der Waals surface area contributed by atoms with Gasteiger partial charge in [-0.15, -0.1) is 0 Å². The molecule has 0 saturated heterocycles. The highest BCUT2D eigenvalue weighted by molar-refractivity contribution is 7.80. The molecule has 0 saturated carbocycles. The largest absolute Gasteiger partial charge is 0.480 e. The summed E-state index contributed by atoms with van der Waals surface area (Å²) < 4.78 is 0. The third-order valence-corrected chi connectivity index (χ3v) is 5.96. The number of rotatable bonds is 18. The number of hydrogen-bond donors (Lipinski definition) is 8. The lowest BCUT2D eigenvalue weighted by Gasteiger charge is -2.25. The molecule has 1 aromatic carbocycles. The van der Waals surface area contributed by atoms with Crippen LogP contribution in [0.4, 0.5) is 0 Å². The predicted octanol–water partition coefficient (Wildman–Crippen LogP) is -0.717. The Labute approximate surface area is 217 Å². The zero-order chi connectivity index (χ0) is 26.9. The van der Waals surface area contributed by atoms with Crippen molar-refractivity contribution in [2.24, 2.45) is 17.2 Å². The molecule has 4 unspecified atom stereocenters. The second-order valence-electron chi connectivity index (χ2n) is 8.57. The van der Waals surface area contributed by atoms with Crippen LogP contribution in [-0.4, -0.2) is 71.8 Å². The van der Waals surface area contributed by atoms with Crippen LogP contribution in [0, 0.1) is 0 Å². The van der Waals surface area contributed by atoms with Gasteiger partial charge in [-0.05, 0) is 63.6 Å². The molecule has 0 radical (unpaired) electrons. The van der Waals surface area contributed by atoms with Gasteiger partial charge in [-0.1, -0.05) is 30.3 Å². The molecule has 10 N–H and O–H groups in total. The minimum Gasteiger partial charge on any atom is -0.480 e. The van der Waals surface area contributed by atoms with Crippen LogP contribution in [0.1, 0.15) is 44.1 Å². The van der Waals surface area contributed by atoms with Gasteiger partial charge in [0, 0.05) is 5.75 Å². The van der Waals surface area contributed by atoms with Crippen molar-refractivity contribution in [1.82, 2.24) is 16.0 Å². The Morgan fingerprint density at radius 2 is 1.25 bits per heavy atom. The maximum absolute atomic E-state index is 13.2. The second-order valence-corrected chi connectivity index (χ2v) is 8.93. The average Bonchev–Trinajstić information content (AvgIpc) is 2.86. The minimum absolute atomic E-state index is 0.110. The van der Waals surface area contributed by atoms with E-state index >= 15 is 0 Å². The topological polar surface area (TPSA) is 203 Å². The quantitative estimate of drug-likeness (QED) is 0.0907. The van der Waals surface area contributed by atoms with Crippen molar-refractivity contribution in [3.05, 3.63) is 35.9 Å². The lowest BCUT2D eigenvalue weighted by Crippen LogP contribution is -2.57. The maximum atomic E-state index is 13.2. The van der Waals surface area contributed by atoms with Gasteiger partial charge in [0.1, 0.15) is 18.1 Å². The summed E-state index contributed by atoms with van der Waals surface area (Å²) in [6, 6.07) is 5.27. The summed E-state index contributed by atoms with van der Waals surface area (Å²) in [5, 5.41) is 17.0. The Kier molecular flexibility index (Phi) is 15.4. The van der Waals surface area contributed by atoms with E-state index < -0.39 is 47.9 Å². The molecule has 0 aliphatic heterocycles. The number of amides is 3. The molecule has 36 heavy (non-hydrogen) atoms. The van der Waals surface area contributed by atoms with E-state index in [-0.39, 0.29) is 12.2 Å². The van der Waals surface area contributed by atoms with Crippen LogP contribution < -0.4 is 33.2 Å². The number of thiol groups is 1. The van der Waals surface area contributed by atoms with E-state index in [1.54, 1.807) is 0 Å². The summed E-state index contributed by atoms with van der Waals surface area (Å²) in [6.07, 6.45) is 3.25. The van der Waals surface area contributed by atoms with Crippen molar-refractivity contribution < 1.29 is 24.3 Å². The molecule has 12 heteroatoms. The van der Waals surface area contributed by atoms with Crippen molar-refractivity contribution in [3.8, 4) is 0 Å². The van der Waals surface area contributed by atoms with Gasteiger partial charge in [-0.3, -0.25) is 14.4 Å². The normalized spacial score (nSPS) is 14.2. The van der Waals surface area contributed by atoms with Gasteiger partial charge >= 0.3 is 5.97 Å². The molecule has 202 valence electrons. The first-order valence-electron chi connectivity index (χ1n) is 12.2. The molecular weight excluding hydrogens is 484 g/mol. The van der Waals surface area contributed by atoms with Crippen LogP contribution in [0.15, 0.2) is 30.3 Å². The molecule has 0 bridgehead atoms. The number of hydrogen-bond acceptors (Lipinski definition) is 8. The molecule has 1 aromatic rings. The van der Waals surface area contributed by atoms with Gasteiger partial charge < -0.3 is 38.3 Å². The summed E-state index contributed by atoms with van der Waals surface area (Å²) in [5.41, 5.74) is 18.1. The van der Waals surface area contributed by atoms with Gasteiger partial charge in [0.05, 0.1) is 6.04 Å². The van der Waals surface area contributed by atoms with Crippen molar-refractivity contribution >= 4 is 36.3 Å². The summed E-state index contributed by atoms with van der Waals surface area (Å²) in [5.74, 6) is -3.03. The first-order valence-corrected chi connectivity index (χ1v) is 12.8. The Morgan fingerprint density at radius 1 is 0.778 bits per heavy atom. The SMILES string of the molecule is NCCCCC(NC(=O)C(N)Cc1ccccc1)C(=O)NC(CCCCN)C(=O)NC(CS)C(=O)O. The van der Waals surface area contributed by atoms with Crippen molar-refractivity contribution in [2.75, 3.05) is 18.8 Å². The van der Waals surface area contributed by atoms with Crippen LogP contribution in [0.25, 0.3) is 0 Å². The van der Waals surface area contributed by atoms with E-state index in [0.717, 1.165) is 5.56 Å². The van der Waals surface area contributed by atoms with E-state index in [4.69, 9.17) is 17.2 Å². The monoisotopic (exact) mass is 524 g/mol. The summed E-state index contributed by atoms with van der Waals surface area (Å²) >= 11 is 3.96. The highest BCUT2D eigenvalue weighted by atomic mass is 32.1. The van der Waals surface area contributed by atoms with Gasteiger partial charge in [0.2, 0.25) is 17.7 Å². The Morgan fingerprint density at radius 3 is 1.69 bits per heavy atom. The number of aliphatic carboxylic acids is 1. The average molecular weight is 525 g/mol. The van der Waals surface area contributed by atoms with Gasteiger partial charge in [0.15, 0.2) is 0 Å². The smallest absolute Gasteiger partial charge is 0.327 e. The molecule has 0 aliphatic carbocycles. The standard InChI is InChI=1S/C24H40N6O5S/c25-12-6-4-10-18(28-21(31)17(27)14-16-8-2-1-3-9-16)22(32)29-19(11-5-7-13-26)23(33)30-20(15-36)24(34)35/h1-3,8-9,17-20,36H,4-7,10-15,25-27H2,(H,28,31)(H,29,32)(H,30,33)(H,34,35). The lowest BCUT2D eigenvalue weighted by atomic mass is 10.0. The fraction of sp³-hybridized carbons (Fsp3) is 0.583. The third kappa shape index (κ3) is 11.8. The Bertz CT molecular complexity index is 828. The number of carbonyl (C=O) groups excluding carboxylic acids is 3. The predicted molar refractivity (Wildman–Crippen MR) is 141 cm³/mol. The fourth-order valence-electron chi connectivity index (χ4n) is 3.49. The molecule has 0 fully saturated rings. The highest BCUT2D eigenvalue weighted by Crippen LogP contribution is 2.07. The number of benzene rings is 1. The van der Waals surface area contributed by atoms with E-state index in [1.165, 1.54) is 0 Å². The fourth-order valence-corrected chi connectivity index (χ4v) is 3.74. The Balaban J connectivity index is 2.93. The third-order valence-electron chi connectivity index (χ3n) is 5.59. The zero-order valence-corrected chi connectivity index (χ0v) is 21.4. The minimum atomic E-state index is -1.23. The molecule has 0 aliphatic rings. The Hall–Kier alpha value is -2.67. The van der Waals surface area contributed by atoms with Crippen LogP contribution >= 0.6 is 12.6 Å². The molecule has 0 aromatic heterocycles. The van der Waals surface area contributed by atoms with Crippen LogP contribution in [0.5, 0.6) is 0 Å². The number of nitrogens with one attached hydrogen (secondary N) is 3. The molecular formula is C24H40N6O5S. The molecule has 4 atom stereocenters. The summed E-state index contributed by atoms with van der Waals surface area (Å²) in [7, 11) is 0. The number of carbonyl (C=O) groups is 4. The van der Waals surface area contributed by atoms with Crippen molar-refractivity contribution in [1.29, 1.82) is 0 Å². The van der Waals surface area contributed by atoms with Crippen molar-refractivity contribution in [2.45, 2.75) is 69.1 Å².